The molecule has 1 unspecified atom stereocenters. The Bertz CT molecular complexity index is 1510. The van der Waals surface area contributed by atoms with Crippen molar-refractivity contribution in [1.29, 1.82) is 0 Å². The van der Waals surface area contributed by atoms with Crippen molar-refractivity contribution >= 4 is 44.1 Å². The van der Waals surface area contributed by atoms with Gasteiger partial charge < -0.3 is 14.3 Å². The fourth-order valence-corrected chi connectivity index (χ4v) is 5.61. The zero-order valence-electron chi connectivity index (χ0n) is 20.5. The molecule has 5 rings (SSSR count). The third kappa shape index (κ3) is 4.07. The second-order valence-electron chi connectivity index (χ2n) is 8.92. The topological polar surface area (TPSA) is 92.9 Å². The van der Waals surface area contributed by atoms with Crippen molar-refractivity contribution in [2.75, 3.05) is 11.5 Å². The maximum absolute atomic E-state index is 13.4. The molecule has 0 bridgehead atoms. The molecule has 1 atom stereocenters. The molecule has 1 fully saturated rings. The van der Waals surface area contributed by atoms with Crippen LogP contribution in [0.5, 0.6) is 5.75 Å². The number of hydrogen-bond donors (Lipinski definition) is 1. The number of ketones is 1. The van der Waals surface area contributed by atoms with Gasteiger partial charge in [0.1, 0.15) is 29.1 Å². The number of aliphatic hydroxyl groups excluding tert-OH is 1. The Morgan fingerprint density at radius 3 is 2.53 bits per heavy atom. The van der Waals surface area contributed by atoms with E-state index in [9.17, 15) is 14.7 Å². The number of rotatable bonds is 6. The minimum Gasteiger partial charge on any atom is -0.507 e. The maximum atomic E-state index is 13.4. The molecule has 36 heavy (non-hydrogen) atoms. The largest absolute Gasteiger partial charge is 0.507 e. The van der Waals surface area contributed by atoms with Crippen LogP contribution < -0.4 is 9.64 Å². The number of anilines is 1. The van der Waals surface area contributed by atoms with E-state index < -0.39 is 17.7 Å². The quantitative estimate of drug-likeness (QED) is 0.191. The summed E-state index contributed by atoms with van der Waals surface area (Å²) in [7, 11) is 0. The summed E-state index contributed by atoms with van der Waals surface area (Å²) in [4.78, 5) is 32.8. The average molecular weight is 503 g/mol. The molecule has 0 aliphatic carbocycles. The molecule has 2 aromatic carbocycles. The molecule has 3 heterocycles. The van der Waals surface area contributed by atoms with Crippen molar-refractivity contribution in [2.24, 2.45) is 0 Å². The van der Waals surface area contributed by atoms with Crippen molar-refractivity contribution in [3.8, 4) is 5.75 Å². The first-order chi connectivity index (χ1) is 17.3. The number of aliphatic hydroxyl groups is 1. The fourth-order valence-electron chi connectivity index (χ4n) is 4.45. The summed E-state index contributed by atoms with van der Waals surface area (Å²) in [5.74, 6) is -0.152. The van der Waals surface area contributed by atoms with Gasteiger partial charge in [0, 0.05) is 5.56 Å². The van der Waals surface area contributed by atoms with Crippen molar-refractivity contribution in [3.05, 3.63) is 82.3 Å². The molecule has 184 valence electrons. The Balaban J connectivity index is 1.65. The number of furan rings is 1. The number of amides is 1. The van der Waals surface area contributed by atoms with Gasteiger partial charge in [-0.15, -0.1) is 0 Å². The number of hydrogen-bond acceptors (Lipinski definition) is 7. The number of nitrogens with zero attached hydrogens (tertiary/aromatic N) is 2. The molecular weight excluding hydrogens is 476 g/mol. The third-order valence-electron chi connectivity index (χ3n) is 6.10. The lowest BCUT2D eigenvalue weighted by atomic mass is 9.99. The summed E-state index contributed by atoms with van der Waals surface area (Å²) >= 11 is 1.33. The summed E-state index contributed by atoms with van der Waals surface area (Å²) in [5, 5.41) is 11.7. The first-order valence-electron chi connectivity index (χ1n) is 11.8. The van der Waals surface area contributed by atoms with Gasteiger partial charge in [0.15, 0.2) is 5.13 Å². The average Bonchev–Trinajstić information content (AvgIpc) is 3.54. The van der Waals surface area contributed by atoms with Gasteiger partial charge in [-0.1, -0.05) is 24.3 Å². The zero-order chi connectivity index (χ0) is 25.6. The van der Waals surface area contributed by atoms with Crippen LogP contribution in [0.4, 0.5) is 5.13 Å². The molecule has 0 radical (unpaired) electrons. The number of benzene rings is 2. The van der Waals surface area contributed by atoms with Crippen LogP contribution in [0, 0.1) is 20.8 Å². The Morgan fingerprint density at radius 2 is 1.86 bits per heavy atom. The molecule has 4 aromatic rings. The zero-order valence-corrected chi connectivity index (χ0v) is 21.3. The highest BCUT2D eigenvalue weighted by molar-refractivity contribution is 7.22. The van der Waals surface area contributed by atoms with Crippen molar-refractivity contribution in [1.82, 2.24) is 4.98 Å². The molecular formula is C28H26N2O5S. The third-order valence-corrected chi connectivity index (χ3v) is 7.10. The number of ether oxygens (including phenoxy) is 1. The highest BCUT2D eigenvalue weighted by Crippen LogP contribution is 2.45. The lowest BCUT2D eigenvalue weighted by Crippen LogP contribution is -2.29. The minimum atomic E-state index is -0.948. The number of carbonyl (C=O) groups is 2. The van der Waals surface area contributed by atoms with Crippen LogP contribution in [0.2, 0.25) is 0 Å². The Morgan fingerprint density at radius 1 is 1.11 bits per heavy atom. The van der Waals surface area contributed by atoms with Crippen molar-refractivity contribution in [3.63, 3.8) is 0 Å². The van der Waals surface area contributed by atoms with E-state index in [1.165, 1.54) is 16.2 Å². The first kappa shape index (κ1) is 23.8. The van der Waals surface area contributed by atoms with E-state index in [2.05, 4.69) is 0 Å². The molecule has 7 nitrogen and oxygen atoms in total. The highest BCUT2D eigenvalue weighted by Gasteiger charge is 2.49. The molecule has 1 aliphatic heterocycles. The maximum Gasteiger partial charge on any atom is 0.302 e. The van der Waals surface area contributed by atoms with Crippen LogP contribution in [0.1, 0.15) is 47.6 Å². The van der Waals surface area contributed by atoms with Crippen LogP contribution >= 0.6 is 11.3 Å². The molecule has 1 amide bonds. The summed E-state index contributed by atoms with van der Waals surface area (Å²) in [5.41, 5.74) is 3.21. The Hall–Kier alpha value is -3.91. The normalized spacial score (nSPS) is 17.3. The molecule has 0 saturated carbocycles. The fraction of sp³-hybridized carbons (Fsp3) is 0.250. The van der Waals surface area contributed by atoms with E-state index in [1.807, 2.05) is 32.9 Å². The van der Waals surface area contributed by atoms with Crippen LogP contribution in [0.3, 0.4) is 0 Å². The predicted molar refractivity (Wildman–Crippen MR) is 140 cm³/mol. The number of fused-ring (bicyclic) bond motifs is 1. The minimum absolute atomic E-state index is 0.0382. The smallest absolute Gasteiger partial charge is 0.302 e. The van der Waals surface area contributed by atoms with Gasteiger partial charge in [-0.05, 0) is 80.8 Å². The van der Waals surface area contributed by atoms with Gasteiger partial charge in [-0.2, -0.15) is 0 Å². The van der Waals surface area contributed by atoms with E-state index in [1.54, 1.807) is 43.3 Å². The van der Waals surface area contributed by atoms with Gasteiger partial charge in [-0.25, -0.2) is 4.98 Å². The van der Waals surface area contributed by atoms with Crippen LogP contribution in [0.25, 0.3) is 16.0 Å². The molecule has 1 N–H and O–H groups in total. The van der Waals surface area contributed by atoms with Gasteiger partial charge in [0.05, 0.1) is 22.4 Å². The number of aromatic nitrogens is 1. The SMILES string of the molecule is CCCOc1ccc(/C(O)=C2\C(=O)C(=O)N(c3nc4c(C)cc(C)cc4s3)C2c2ccc(C)o2)cc1. The van der Waals surface area contributed by atoms with E-state index in [0.29, 0.717) is 34.6 Å². The van der Waals surface area contributed by atoms with Gasteiger partial charge in [0.2, 0.25) is 0 Å². The van der Waals surface area contributed by atoms with E-state index >= 15 is 0 Å². The van der Waals surface area contributed by atoms with Crippen LogP contribution in [-0.4, -0.2) is 28.4 Å². The second-order valence-corrected chi connectivity index (χ2v) is 9.92. The van der Waals surface area contributed by atoms with Crippen molar-refractivity contribution < 1.29 is 23.8 Å². The van der Waals surface area contributed by atoms with Crippen molar-refractivity contribution in [2.45, 2.75) is 40.2 Å². The van der Waals surface area contributed by atoms with E-state index in [0.717, 1.165) is 27.8 Å². The van der Waals surface area contributed by atoms with Crippen LogP contribution in [0.15, 0.2) is 58.5 Å². The summed E-state index contributed by atoms with van der Waals surface area (Å²) in [6.07, 6.45) is 0.874. The van der Waals surface area contributed by atoms with E-state index in [-0.39, 0.29) is 11.3 Å². The second kappa shape index (κ2) is 9.28. The molecule has 8 heteroatoms. The van der Waals surface area contributed by atoms with Gasteiger partial charge >= 0.3 is 5.91 Å². The number of Topliss-reactive ketones (excluding diaryl/α,β-unsaturated/α-hetero) is 1. The lowest BCUT2D eigenvalue weighted by Gasteiger charge is -2.20. The Kier molecular flexibility index (Phi) is 6.14. The molecule has 2 aromatic heterocycles. The van der Waals surface area contributed by atoms with E-state index in [4.69, 9.17) is 14.1 Å². The summed E-state index contributed by atoms with van der Waals surface area (Å²) in [6, 6.07) is 13.4. The highest BCUT2D eigenvalue weighted by atomic mass is 32.1. The van der Waals surface area contributed by atoms with Gasteiger partial charge in [0.25, 0.3) is 5.78 Å². The molecule has 1 saturated heterocycles. The predicted octanol–water partition coefficient (Wildman–Crippen LogP) is 6.23. The monoisotopic (exact) mass is 502 g/mol. The lowest BCUT2D eigenvalue weighted by molar-refractivity contribution is -0.132. The summed E-state index contributed by atoms with van der Waals surface area (Å²) < 4.78 is 12.4. The van der Waals surface area contributed by atoms with Crippen LogP contribution in [-0.2, 0) is 9.59 Å². The summed E-state index contributed by atoms with van der Waals surface area (Å²) in [6.45, 7) is 8.35. The standard InChI is InChI=1S/C28H26N2O5S/c1-5-12-34-19-9-7-18(8-10-19)25(31)22-24(20-11-6-17(4)35-20)30(27(33)26(22)32)28-29-23-16(3)13-15(2)14-21(23)36-28/h6-11,13-14,24,31H,5,12H2,1-4H3/b25-22+. The Labute approximate surface area is 212 Å². The number of thiazole rings is 1. The first-order valence-corrected chi connectivity index (χ1v) is 12.6. The molecule has 1 aliphatic rings. The van der Waals surface area contributed by atoms with Gasteiger partial charge in [-0.3, -0.25) is 14.5 Å². The number of carbonyl (C=O) groups excluding carboxylic acids is 2. The molecule has 0 spiro atoms. The number of aryl methyl sites for hydroxylation is 3.